The van der Waals surface area contributed by atoms with Gasteiger partial charge in [0.25, 0.3) is 5.91 Å². The van der Waals surface area contributed by atoms with Crippen LogP contribution in [0, 0.1) is 0 Å². The lowest BCUT2D eigenvalue weighted by atomic mass is 10.3. The van der Waals surface area contributed by atoms with Crippen LogP contribution in [-0.2, 0) is 4.79 Å². The number of hydrogen-bond acceptors (Lipinski definition) is 4. The Morgan fingerprint density at radius 3 is 2.30 bits per heavy atom. The summed E-state index contributed by atoms with van der Waals surface area (Å²) in [7, 11) is 1.60. The van der Waals surface area contributed by atoms with Crippen molar-refractivity contribution in [3.05, 3.63) is 48.8 Å². The SMILES string of the molecule is COc1ccc(OC(C)C(=O)Nc2ccncc2)cc1. The Kier molecular flexibility index (Phi) is 4.55. The van der Waals surface area contributed by atoms with Gasteiger partial charge in [-0.2, -0.15) is 0 Å². The van der Waals surface area contributed by atoms with Gasteiger partial charge < -0.3 is 14.8 Å². The summed E-state index contributed by atoms with van der Waals surface area (Å²) >= 11 is 0. The summed E-state index contributed by atoms with van der Waals surface area (Å²) < 4.78 is 10.6. The molecule has 0 radical (unpaired) electrons. The van der Waals surface area contributed by atoms with Gasteiger partial charge in [0.1, 0.15) is 11.5 Å². The fourth-order valence-electron chi connectivity index (χ4n) is 1.59. The maximum atomic E-state index is 12.0. The fraction of sp³-hybridized carbons (Fsp3) is 0.200. The van der Waals surface area contributed by atoms with E-state index in [1.54, 1.807) is 62.8 Å². The van der Waals surface area contributed by atoms with Crippen LogP contribution >= 0.6 is 0 Å². The molecule has 1 atom stereocenters. The first-order valence-electron chi connectivity index (χ1n) is 6.20. The molecule has 1 N–H and O–H groups in total. The second-order valence-corrected chi connectivity index (χ2v) is 4.16. The Hall–Kier alpha value is -2.56. The van der Waals surface area contributed by atoms with E-state index in [0.717, 1.165) is 5.75 Å². The molecule has 1 aromatic heterocycles. The van der Waals surface area contributed by atoms with Crippen molar-refractivity contribution in [2.75, 3.05) is 12.4 Å². The van der Waals surface area contributed by atoms with E-state index in [2.05, 4.69) is 10.3 Å². The highest BCUT2D eigenvalue weighted by Crippen LogP contribution is 2.18. The normalized spacial score (nSPS) is 11.5. The van der Waals surface area contributed by atoms with E-state index in [0.29, 0.717) is 11.4 Å². The molecule has 1 unspecified atom stereocenters. The molecule has 1 amide bonds. The molecule has 0 saturated heterocycles. The second-order valence-electron chi connectivity index (χ2n) is 4.16. The van der Waals surface area contributed by atoms with Crippen LogP contribution < -0.4 is 14.8 Å². The van der Waals surface area contributed by atoms with Gasteiger partial charge in [0.15, 0.2) is 6.10 Å². The molecule has 0 bridgehead atoms. The highest BCUT2D eigenvalue weighted by Gasteiger charge is 2.14. The third kappa shape index (κ3) is 3.71. The minimum Gasteiger partial charge on any atom is -0.497 e. The Labute approximate surface area is 117 Å². The molecule has 0 fully saturated rings. The smallest absolute Gasteiger partial charge is 0.265 e. The van der Waals surface area contributed by atoms with E-state index >= 15 is 0 Å². The van der Waals surface area contributed by atoms with Crippen LogP contribution in [0.1, 0.15) is 6.92 Å². The molecule has 0 aliphatic carbocycles. The van der Waals surface area contributed by atoms with Crippen molar-refractivity contribution in [3.63, 3.8) is 0 Å². The van der Waals surface area contributed by atoms with Crippen molar-refractivity contribution >= 4 is 11.6 Å². The number of nitrogens with one attached hydrogen (secondary N) is 1. The Morgan fingerprint density at radius 2 is 1.70 bits per heavy atom. The first kappa shape index (κ1) is 13.9. The van der Waals surface area contributed by atoms with Crippen LogP contribution in [0.15, 0.2) is 48.8 Å². The van der Waals surface area contributed by atoms with Crippen LogP contribution in [0.2, 0.25) is 0 Å². The lowest BCUT2D eigenvalue weighted by Gasteiger charge is -2.14. The number of aromatic nitrogens is 1. The van der Waals surface area contributed by atoms with Gasteiger partial charge in [0.05, 0.1) is 7.11 Å². The first-order valence-corrected chi connectivity index (χ1v) is 6.20. The van der Waals surface area contributed by atoms with E-state index in [4.69, 9.17) is 9.47 Å². The first-order chi connectivity index (χ1) is 9.69. The molecular formula is C15H16N2O3. The molecule has 0 saturated carbocycles. The summed E-state index contributed by atoms with van der Waals surface area (Å²) in [6.45, 7) is 1.70. The van der Waals surface area contributed by atoms with E-state index in [1.807, 2.05) is 0 Å². The number of amides is 1. The zero-order chi connectivity index (χ0) is 14.4. The van der Waals surface area contributed by atoms with Crippen molar-refractivity contribution < 1.29 is 14.3 Å². The number of carbonyl (C=O) groups is 1. The zero-order valence-corrected chi connectivity index (χ0v) is 11.4. The largest absolute Gasteiger partial charge is 0.497 e. The fourth-order valence-corrected chi connectivity index (χ4v) is 1.59. The van der Waals surface area contributed by atoms with Gasteiger partial charge in [-0.3, -0.25) is 9.78 Å². The van der Waals surface area contributed by atoms with Crippen molar-refractivity contribution in [2.45, 2.75) is 13.0 Å². The molecular weight excluding hydrogens is 256 g/mol. The van der Waals surface area contributed by atoms with Crippen LogP contribution in [0.3, 0.4) is 0 Å². The number of ether oxygens (including phenoxy) is 2. The summed E-state index contributed by atoms with van der Waals surface area (Å²) in [5, 5.41) is 2.76. The molecule has 0 aliphatic rings. The second kappa shape index (κ2) is 6.56. The molecule has 5 heteroatoms. The van der Waals surface area contributed by atoms with Crippen LogP contribution in [0.5, 0.6) is 11.5 Å². The minimum atomic E-state index is -0.600. The lowest BCUT2D eigenvalue weighted by Crippen LogP contribution is -2.30. The summed E-state index contributed by atoms with van der Waals surface area (Å²) in [5.74, 6) is 1.14. The molecule has 0 spiro atoms. The number of anilines is 1. The van der Waals surface area contributed by atoms with E-state index < -0.39 is 6.10 Å². The Morgan fingerprint density at radius 1 is 1.10 bits per heavy atom. The number of nitrogens with zero attached hydrogens (tertiary/aromatic N) is 1. The van der Waals surface area contributed by atoms with Gasteiger partial charge in [-0.25, -0.2) is 0 Å². The average molecular weight is 272 g/mol. The van der Waals surface area contributed by atoms with E-state index in [-0.39, 0.29) is 5.91 Å². The maximum absolute atomic E-state index is 12.0. The summed E-state index contributed by atoms with van der Waals surface area (Å²) in [6, 6.07) is 10.5. The monoisotopic (exact) mass is 272 g/mol. The van der Waals surface area contributed by atoms with Gasteiger partial charge >= 0.3 is 0 Å². The quantitative estimate of drug-likeness (QED) is 0.908. The van der Waals surface area contributed by atoms with Crippen molar-refractivity contribution in [1.29, 1.82) is 0 Å². The maximum Gasteiger partial charge on any atom is 0.265 e. The highest BCUT2D eigenvalue weighted by atomic mass is 16.5. The number of methoxy groups -OCH3 is 1. The van der Waals surface area contributed by atoms with Gasteiger partial charge in [0.2, 0.25) is 0 Å². The Balaban J connectivity index is 1.93. The molecule has 2 aromatic rings. The van der Waals surface area contributed by atoms with Gasteiger partial charge in [0, 0.05) is 18.1 Å². The molecule has 0 aliphatic heterocycles. The van der Waals surface area contributed by atoms with E-state index in [1.165, 1.54) is 0 Å². The number of hydrogen-bond donors (Lipinski definition) is 1. The Bertz CT molecular complexity index is 555. The van der Waals surface area contributed by atoms with Gasteiger partial charge in [-0.05, 0) is 43.3 Å². The number of carbonyl (C=O) groups excluding carboxylic acids is 1. The van der Waals surface area contributed by atoms with Crippen LogP contribution in [0.4, 0.5) is 5.69 Å². The van der Waals surface area contributed by atoms with Crippen molar-refractivity contribution in [2.24, 2.45) is 0 Å². The minimum absolute atomic E-state index is 0.216. The van der Waals surface area contributed by atoms with Crippen LogP contribution in [-0.4, -0.2) is 24.1 Å². The topological polar surface area (TPSA) is 60.5 Å². The molecule has 20 heavy (non-hydrogen) atoms. The molecule has 2 rings (SSSR count). The lowest BCUT2D eigenvalue weighted by molar-refractivity contribution is -0.122. The summed E-state index contributed by atoms with van der Waals surface area (Å²) in [5.41, 5.74) is 0.690. The van der Waals surface area contributed by atoms with Crippen molar-refractivity contribution in [1.82, 2.24) is 4.98 Å². The number of pyridine rings is 1. The standard InChI is InChI=1S/C15H16N2O3/c1-11(15(18)17-12-7-9-16-10-8-12)20-14-5-3-13(19-2)4-6-14/h3-11H,1-2H3,(H,16,17,18). The van der Waals surface area contributed by atoms with Crippen LogP contribution in [0.25, 0.3) is 0 Å². The molecule has 1 aromatic carbocycles. The predicted molar refractivity (Wildman–Crippen MR) is 76.0 cm³/mol. The molecule has 104 valence electrons. The van der Waals surface area contributed by atoms with E-state index in [9.17, 15) is 4.79 Å². The van der Waals surface area contributed by atoms with Crippen molar-refractivity contribution in [3.8, 4) is 11.5 Å². The number of benzene rings is 1. The number of rotatable bonds is 5. The molecule has 5 nitrogen and oxygen atoms in total. The summed E-state index contributed by atoms with van der Waals surface area (Å²) in [6.07, 6.45) is 2.63. The zero-order valence-electron chi connectivity index (χ0n) is 11.4. The third-order valence-corrected chi connectivity index (χ3v) is 2.69. The average Bonchev–Trinajstić information content (AvgIpc) is 2.49. The predicted octanol–water partition coefficient (Wildman–Crippen LogP) is 2.50. The van der Waals surface area contributed by atoms with Gasteiger partial charge in [-0.1, -0.05) is 0 Å². The molecule has 1 heterocycles. The summed E-state index contributed by atoms with van der Waals surface area (Å²) in [4.78, 5) is 15.8. The third-order valence-electron chi connectivity index (χ3n) is 2.69. The highest BCUT2D eigenvalue weighted by molar-refractivity contribution is 5.93. The van der Waals surface area contributed by atoms with Gasteiger partial charge in [-0.15, -0.1) is 0 Å².